The van der Waals surface area contributed by atoms with Crippen molar-refractivity contribution in [2.24, 2.45) is 5.73 Å². The first-order valence-electron chi connectivity index (χ1n) is 6.79. The Kier molecular flexibility index (Phi) is 3.44. The average molecular weight is 296 g/mol. The van der Waals surface area contributed by atoms with Gasteiger partial charge in [-0.05, 0) is 30.5 Å². The number of fused-ring (bicyclic) bond motifs is 1. The molecule has 2 heterocycles. The third-order valence-electron chi connectivity index (χ3n) is 3.73. The fourth-order valence-electron chi connectivity index (χ4n) is 2.59. The second-order valence-electron chi connectivity index (χ2n) is 5.25. The quantitative estimate of drug-likeness (QED) is 0.927. The van der Waals surface area contributed by atoms with E-state index in [0.717, 1.165) is 48.7 Å². The number of nitrogens with two attached hydrogens (primary N) is 1. The lowest BCUT2D eigenvalue weighted by atomic mass is 10.1. The van der Waals surface area contributed by atoms with Crippen LogP contribution >= 0.6 is 0 Å². The van der Waals surface area contributed by atoms with Crippen LogP contribution < -0.4 is 5.73 Å². The van der Waals surface area contributed by atoms with Crippen LogP contribution in [0.1, 0.15) is 41.7 Å². The molecule has 0 spiro atoms. The van der Waals surface area contributed by atoms with E-state index in [9.17, 15) is 13.2 Å². The molecule has 0 fully saturated rings. The van der Waals surface area contributed by atoms with Crippen molar-refractivity contribution >= 4 is 0 Å². The van der Waals surface area contributed by atoms with E-state index < -0.39 is 11.7 Å². The number of alkyl halides is 3. The maximum Gasteiger partial charge on any atom is 0.416 e. The molecule has 1 unspecified atom stereocenters. The van der Waals surface area contributed by atoms with Gasteiger partial charge in [0.15, 0.2) is 0 Å². The predicted octanol–water partition coefficient (Wildman–Crippen LogP) is 2.68. The number of halogens is 3. The zero-order chi connectivity index (χ0) is 15.0. The molecule has 3 rings (SSSR count). The van der Waals surface area contributed by atoms with Crippen LogP contribution in [0.4, 0.5) is 13.2 Å². The molecule has 112 valence electrons. The Morgan fingerprint density at radius 1 is 1.19 bits per heavy atom. The van der Waals surface area contributed by atoms with Crippen LogP contribution in [0.15, 0.2) is 24.3 Å². The first-order valence-corrected chi connectivity index (χ1v) is 6.79. The third-order valence-corrected chi connectivity index (χ3v) is 3.73. The van der Waals surface area contributed by atoms with Gasteiger partial charge in [-0.2, -0.15) is 13.2 Å². The first-order chi connectivity index (χ1) is 9.95. The van der Waals surface area contributed by atoms with Gasteiger partial charge in [0, 0.05) is 13.0 Å². The number of hydrogen-bond donors (Lipinski definition) is 1. The van der Waals surface area contributed by atoms with Crippen molar-refractivity contribution in [3.8, 4) is 0 Å². The smallest absolute Gasteiger partial charge is 0.321 e. The molecular weight excluding hydrogens is 281 g/mol. The molecule has 1 aromatic carbocycles. The Labute approximate surface area is 119 Å². The second kappa shape index (κ2) is 5.14. The summed E-state index contributed by atoms with van der Waals surface area (Å²) < 4.78 is 39.6. The molecule has 1 aliphatic rings. The zero-order valence-corrected chi connectivity index (χ0v) is 11.3. The predicted molar refractivity (Wildman–Crippen MR) is 70.4 cm³/mol. The van der Waals surface area contributed by atoms with E-state index in [2.05, 4.69) is 10.2 Å². The van der Waals surface area contributed by atoms with Crippen LogP contribution in [0.25, 0.3) is 0 Å². The van der Waals surface area contributed by atoms with Crippen molar-refractivity contribution in [3.63, 3.8) is 0 Å². The standard InChI is InChI=1S/C14H15F3N4/c15-14(16,17)10-5-3-9(4-6-10)8-12-19-20-13-11(18)2-1-7-21(12)13/h3-6,11H,1-2,7-8,18H2. The van der Waals surface area contributed by atoms with Gasteiger partial charge in [-0.25, -0.2) is 0 Å². The molecule has 1 aliphatic heterocycles. The summed E-state index contributed by atoms with van der Waals surface area (Å²) >= 11 is 0. The molecule has 0 radical (unpaired) electrons. The minimum Gasteiger partial charge on any atom is -0.321 e. The summed E-state index contributed by atoms with van der Waals surface area (Å²) in [6.45, 7) is 0.812. The van der Waals surface area contributed by atoms with Crippen molar-refractivity contribution in [3.05, 3.63) is 47.0 Å². The van der Waals surface area contributed by atoms with Crippen molar-refractivity contribution in [1.82, 2.24) is 14.8 Å². The number of nitrogens with zero attached hydrogens (tertiary/aromatic N) is 3. The van der Waals surface area contributed by atoms with E-state index in [4.69, 9.17) is 5.73 Å². The maximum atomic E-state index is 12.5. The molecular formula is C14H15F3N4. The lowest BCUT2D eigenvalue weighted by molar-refractivity contribution is -0.137. The summed E-state index contributed by atoms with van der Waals surface area (Å²) in [5.41, 5.74) is 6.11. The van der Waals surface area contributed by atoms with Gasteiger partial charge in [0.1, 0.15) is 11.6 Å². The van der Waals surface area contributed by atoms with E-state index in [1.54, 1.807) is 0 Å². The Balaban J connectivity index is 1.81. The Morgan fingerprint density at radius 3 is 2.57 bits per heavy atom. The lowest BCUT2D eigenvalue weighted by Gasteiger charge is -2.20. The molecule has 4 nitrogen and oxygen atoms in total. The number of aromatic nitrogens is 3. The van der Waals surface area contributed by atoms with Gasteiger partial charge in [-0.3, -0.25) is 0 Å². The largest absolute Gasteiger partial charge is 0.416 e. The van der Waals surface area contributed by atoms with Crippen LogP contribution in [-0.2, 0) is 19.1 Å². The molecule has 7 heteroatoms. The monoisotopic (exact) mass is 296 g/mol. The first kappa shape index (κ1) is 14.1. The molecule has 2 N–H and O–H groups in total. The molecule has 0 amide bonds. The number of rotatable bonds is 2. The highest BCUT2D eigenvalue weighted by molar-refractivity contribution is 5.27. The van der Waals surface area contributed by atoms with E-state index >= 15 is 0 Å². The SMILES string of the molecule is NC1CCCn2c(Cc3ccc(C(F)(F)F)cc3)nnc21. The fourth-order valence-corrected chi connectivity index (χ4v) is 2.59. The second-order valence-corrected chi connectivity index (χ2v) is 5.25. The molecule has 0 saturated carbocycles. The van der Waals surface area contributed by atoms with Crippen molar-refractivity contribution in [1.29, 1.82) is 0 Å². The fraction of sp³-hybridized carbons (Fsp3) is 0.429. The highest BCUT2D eigenvalue weighted by atomic mass is 19.4. The number of benzene rings is 1. The summed E-state index contributed by atoms with van der Waals surface area (Å²) in [6.07, 6.45) is -2.00. The average Bonchev–Trinajstić information content (AvgIpc) is 2.83. The van der Waals surface area contributed by atoms with Gasteiger partial charge in [-0.15, -0.1) is 10.2 Å². The Hall–Kier alpha value is -1.89. The lowest BCUT2D eigenvalue weighted by Crippen LogP contribution is -2.23. The highest BCUT2D eigenvalue weighted by Crippen LogP contribution is 2.29. The minimum absolute atomic E-state index is 0.104. The van der Waals surface area contributed by atoms with E-state index in [1.807, 2.05) is 4.57 Å². The van der Waals surface area contributed by atoms with Crippen molar-refractivity contribution in [2.75, 3.05) is 0 Å². The Morgan fingerprint density at radius 2 is 1.90 bits per heavy atom. The molecule has 21 heavy (non-hydrogen) atoms. The van der Waals surface area contributed by atoms with Gasteiger partial charge in [0.2, 0.25) is 0 Å². The van der Waals surface area contributed by atoms with E-state index in [-0.39, 0.29) is 6.04 Å². The van der Waals surface area contributed by atoms with Crippen molar-refractivity contribution in [2.45, 2.75) is 38.0 Å². The summed E-state index contributed by atoms with van der Waals surface area (Å²) in [7, 11) is 0. The van der Waals surface area contributed by atoms with Crippen LogP contribution in [0.2, 0.25) is 0 Å². The summed E-state index contributed by atoms with van der Waals surface area (Å²) in [4.78, 5) is 0. The highest BCUT2D eigenvalue weighted by Gasteiger charge is 2.30. The van der Waals surface area contributed by atoms with Gasteiger partial charge in [0.25, 0.3) is 0 Å². The topological polar surface area (TPSA) is 56.7 Å². The normalized spacial score (nSPS) is 18.6. The maximum absolute atomic E-state index is 12.5. The number of hydrogen-bond acceptors (Lipinski definition) is 3. The van der Waals surface area contributed by atoms with Crippen LogP contribution in [0.3, 0.4) is 0 Å². The van der Waals surface area contributed by atoms with Crippen molar-refractivity contribution < 1.29 is 13.2 Å². The van der Waals surface area contributed by atoms with Gasteiger partial charge in [0.05, 0.1) is 11.6 Å². The van der Waals surface area contributed by atoms with Crippen LogP contribution in [0.5, 0.6) is 0 Å². The van der Waals surface area contributed by atoms with Gasteiger partial charge >= 0.3 is 6.18 Å². The molecule has 0 saturated heterocycles. The van der Waals surface area contributed by atoms with Crippen LogP contribution in [0, 0.1) is 0 Å². The molecule has 1 aromatic heterocycles. The molecule has 0 bridgehead atoms. The van der Waals surface area contributed by atoms with Crippen LogP contribution in [-0.4, -0.2) is 14.8 Å². The summed E-state index contributed by atoms with van der Waals surface area (Å²) in [5, 5.41) is 8.22. The van der Waals surface area contributed by atoms with E-state index in [0.29, 0.717) is 6.42 Å². The Bertz CT molecular complexity index is 631. The van der Waals surface area contributed by atoms with Gasteiger partial charge in [-0.1, -0.05) is 12.1 Å². The zero-order valence-electron chi connectivity index (χ0n) is 11.3. The summed E-state index contributed by atoms with van der Waals surface area (Å²) in [5.74, 6) is 1.52. The van der Waals surface area contributed by atoms with E-state index in [1.165, 1.54) is 12.1 Å². The minimum atomic E-state index is -4.31. The molecule has 2 aromatic rings. The molecule has 0 aliphatic carbocycles. The summed E-state index contributed by atoms with van der Waals surface area (Å²) in [6, 6.07) is 5.04. The molecule has 1 atom stereocenters. The van der Waals surface area contributed by atoms with Gasteiger partial charge < -0.3 is 10.3 Å². The third kappa shape index (κ3) is 2.78.